The van der Waals surface area contributed by atoms with E-state index in [9.17, 15) is 9.59 Å². The molecule has 0 bridgehead atoms. The predicted molar refractivity (Wildman–Crippen MR) is 172 cm³/mol. The number of nitrogens with one attached hydrogen (secondary N) is 1. The van der Waals surface area contributed by atoms with Crippen LogP contribution in [0.15, 0.2) is 54.7 Å². The Bertz CT molecular complexity index is 1440. The summed E-state index contributed by atoms with van der Waals surface area (Å²) < 4.78 is 12.9. The molecule has 0 radical (unpaired) electrons. The summed E-state index contributed by atoms with van der Waals surface area (Å²) in [5, 5.41) is 8.43. The van der Waals surface area contributed by atoms with Crippen molar-refractivity contribution in [3.05, 3.63) is 76.6 Å². The van der Waals surface area contributed by atoms with Gasteiger partial charge in [-0.05, 0) is 83.7 Å². The minimum Gasteiger partial charge on any atom is -0.496 e. The van der Waals surface area contributed by atoms with Gasteiger partial charge in [0.25, 0.3) is 5.91 Å². The third-order valence-corrected chi connectivity index (χ3v) is 8.83. The molecule has 5 rings (SSSR count). The number of nitrogens with zero attached hydrogens (tertiary/aromatic N) is 4. The Morgan fingerprint density at radius 3 is 2.34 bits per heavy atom. The average molecular weight is 622 g/mol. The summed E-state index contributed by atoms with van der Waals surface area (Å²) in [6.07, 6.45) is 4.78. The Kier molecular flexibility index (Phi) is 10.2. The van der Waals surface area contributed by atoms with Gasteiger partial charge in [0.1, 0.15) is 11.4 Å². The number of rotatable bonds is 8. The van der Waals surface area contributed by atoms with Gasteiger partial charge in [0.05, 0.1) is 35.3 Å². The molecule has 3 aromatic rings. The van der Waals surface area contributed by atoms with Gasteiger partial charge in [0.2, 0.25) is 0 Å². The van der Waals surface area contributed by atoms with Crippen LogP contribution < -0.4 is 10.1 Å². The Balaban J connectivity index is 1.24. The molecule has 2 fully saturated rings. The number of para-hydroxylation sites is 2. The Labute approximate surface area is 265 Å². The molecule has 2 aromatic carbocycles. The van der Waals surface area contributed by atoms with Crippen molar-refractivity contribution in [1.29, 1.82) is 0 Å². The van der Waals surface area contributed by atoms with Crippen LogP contribution in [-0.4, -0.2) is 77.0 Å². The van der Waals surface area contributed by atoms with Crippen LogP contribution in [0.2, 0.25) is 5.02 Å². The topological polar surface area (TPSA) is 88.9 Å². The average Bonchev–Trinajstić information content (AvgIpc) is 3.45. The van der Waals surface area contributed by atoms with Gasteiger partial charge >= 0.3 is 6.09 Å². The summed E-state index contributed by atoms with van der Waals surface area (Å²) in [4.78, 5) is 30.6. The lowest BCUT2D eigenvalue weighted by Crippen LogP contribution is -2.42. The first-order valence-corrected chi connectivity index (χ1v) is 15.9. The van der Waals surface area contributed by atoms with Gasteiger partial charge in [0, 0.05) is 37.7 Å². The number of carbonyl (C=O) groups is 2. The molecule has 2 aliphatic rings. The van der Waals surface area contributed by atoms with Crippen LogP contribution >= 0.6 is 11.6 Å². The molecule has 2 amide bonds. The summed E-state index contributed by atoms with van der Waals surface area (Å²) in [7, 11) is 1.71. The second kappa shape index (κ2) is 14.0. The number of carbonyl (C=O) groups excluding carboxylic acids is 2. The molecular weight excluding hydrogens is 578 g/mol. The molecule has 0 atom stereocenters. The minimum atomic E-state index is -0.548. The number of hydrogen-bond acceptors (Lipinski definition) is 6. The molecule has 0 aliphatic carbocycles. The molecule has 0 unspecified atom stereocenters. The number of amides is 2. The zero-order valence-electron chi connectivity index (χ0n) is 26.2. The summed E-state index contributed by atoms with van der Waals surface area (Å²) in [6.45, 7) is 10.1. The monoisotopic (exact) mass is 621 g/mol. The molecule has 1 aromatic heterocycles. The fourth-order valence-corrected chi connectivity index (χ4v) is 6.37. The van der Waals surface area contributed by atoms with E-state index >= 15 is 0 Å². The first kappa shape index (κ1) is 31.9. The highest BCUT2D eigenvalue weighted by Gasteiger charge is 2.33. The van der Waals surface area contributed by atoms with E-state index in [1.807, 2.05) is 63.2 Å². The van der Waals surface area contributed by atoms with Gasteiger partial charge < -0.3 is 19.7 Å². The second-order valence-corrected chi connectivity index (χ2v) is 13.2. The van der Waals surface area contributed by atoms with Crippen molar-refractivity contribution < 1.29 is 19.1 Å². The fourth-order valence-electron chi connectivity index (χ4n) is 6.16. The van der Waals surface area contributed by atoms with Crippen LogP contribution in [0, 0.1) is 5.92 Å². The Morgan fingerprint density at radius 2 is 1.66 bits per heavy atom. The first-order chi connectivity index (χ1) is 21.1. The van der Waals surface area contributed by atoms with Gasteiger partial charge in [-0.2, -0.15) is 5.10 Å². The molecular formula is C34H44ClN5O4. The quantitative estimate of drug-likeness (QED) is 0.318. The summed E-state index contributed by atoms with van der Waals surface area (Å²) in [5.41, 5.74) is 2.79. The highest BCUT2D eigenvalue weighted by molar-refractivity contribution is 6.32. The van der Waals surface area contributed by atoms with E-state index in [1.165, 1.54) is 5.56 Å². The van der Waals surface area contributed by atoms with Crippen molar-refractivity contribution in [2.24, 2.45) is 5.92 Å². The van der Waals surface area contributed by atoms with Gasteiger partial charge in [-0.25, -0.2) is 9.48 Å². The van der Waals surface area contributed by atoms with Crippen LogP contribution in [0.3, 0.4) is 0 Å². The van der Waals surface area contributed by atoms with E-state index < -0.39 is 5.60 Å². The third-order valence-electron chi connectivity index (χ3n) is 8.51. The summed E-state index contributed by atoms with van der Waals surface area (Å²) in [6, 6.07) is 15.7. The normalized spacial score (nSPS) is 17.0. The predicted octanol–water partition coefficient (Wildman–Crippen LogP) is 6.29. The van der Waals surface area contributed by atoms with Crippen molar-refractivity contribution in [2.75, 3.05) is 39.8 Å². The molecule has 2 saturated heterocycles. The van der Waals surface area contributed by atoms with E-state index in [0.29, 0.717) is 49.0 Å². The Hall–Kier alpha value is -3.56. The molecule has 0 saturated carbocycles. The van der Waals surface area contributed by atoms with E-state index in [-0.39, 0.29) is 17.9 Å². The van der Waals surface area contributed by atoms with E-state index in [0.717, 1.165) is 49.6 Å². The largest absolute Gasteiger partial charge is 0.496 e. The van der Waals surface area contributed by atoms with Crippen LogP contribution in [0.1, 0.15) is 74.0 Å². The van der Waals surface area contributed by atoms with Crippen molar-refractivity contribution >= 4 is 23.6 Å². The molecule has 236 valence electrons. The smallest absolute Gasteiger partial charge is 0.410 e. The molecule has 44 heavy (non-hydrogen) atoms. The zero-order valence-corrected chi connectivity index (χ0v) is 27.0. The van der Waals surface area contributed by atoms with Crippen molar-refractivity contribution in [3.63, 3.8) is 0 Å². The summed E-state index contributed by atoms with van der Waals surface area (Å²) in [5.74, 6) is 1.24. The van der Waals surface area contributed by atoms with E-state index in [4.69, 9.17) is 21.1 Å². The Morgan fingerprint density at radius 1 is 0.977 bits per heavy atom. The van der Waals surface area contributed by atoms with E-state index in [1.54, 1.807) is 22.9 Å². The number of ether oxygens (including phenoxy) is 2. The second-order valence-electron chi connectivity index (χ2n) is 12.8. The lowest BCUT2D eigenvalue weighted by molar-refractivity contribution is 0.0203. The number of likely N-dealkylation sites (tertiary alicyclic amines) is 2. The zero-order chi connectivity index (χ0) is 31.3. The van der Waals surface area contributed by atoms with Crippen LogP contribution in [0.25, 0.3) is 5.69 Å². The van der Waals surface area contributed by atoms with Gasteiger partial charge in [-0.3, -0.25) is 9.69 Å². The first-order valence-electron chi connectivity index (χ1n) is 15.6. The molecule has 10 heteroatoms. The van der Waals surface area contributed by atoms with Gasteiger partial charge in [0.15, 0.2) is 0 Å². The maximum absolute atomic E-state index is 13.7. The molecule has 1 N–H and O–H groups in total. The van der Waals surface area contributed by atoms with Crippen molar-refractivity contribution in [3.8, 4) is 11.4 Å². The maximum Gasteiger partial charge on any atom is 0.410 e. The fraction of sp³-hybridized carbons (Fsp3) is 0.500. The maximum atomic E-state index is 13.7. The number of hydrogen-bond donors (Lipinski definition) is 1. The van der Waals surface area contributed by atoms with Crippen LogP contribution in [-0.2, 0) is 11.3 Å². The number of methoxy groups -OCH3 is 1. The highest BCUT2D eigenvalue weighted by atomic mass is 35.5. The molecule has 0 spiro atoms. The third kappa shape index (κ3) is 7.74. The standard InChI is InChI=1S/C34H44ClN5O4/c1-34(2,3)44-33(42)39-19-15-25(16-20-39)31-27(22-37-40(31)29-11-7-6-10-28(29)35)32(41)36-21-24-13-17-38(18-14-24)23-26-9-5-8-12-30(26)43-4/h5-12,22,24-25H,13-21,23H2,1-4H3,(H,36,41). The lowest BCUT2D eigenvalue weighted by atomic mass is 9.90. The van der Waals surface area contributed by atoms with Crippen molar-refractivity contribution in [2.45, 2.75) is 64.5 Å². The molecule has 2 aliphatic heterocycles. The number of benzene rings is 2. The SMILES string of the molecule is COc1ccccc1CN1CCC(CNC(=O)c2cnn(-c3ccccc3Cl)c2C2CCN(C(=O)OC(C)(C)C)CC2)CC1. The van der Waals surface area contributed by atoms with Crippen LogP contribution in [0.5, 0.6) is 5.75 Å². The van der Waals surface area contributed by atoms with E-state index in [2.05, 4.69) is 21.4 Å². The minimum absolute atomic E-state index is 0.0337. The summed E-state index contributed by atoms with van der Waals surface area (Å²) >= 11 is 6.59. The number of aromatic nitrogens is 2. The van der Waals surface area contributed by atoms with Crippen LogP contribution in [0.4, 0.5) is 4.79 Å². The number of halogens is 1. The lowest BCUT2D eigenvalue weighted by Gasteiger charge is -2.34. The highest BCUT2D eigenvalue weighted by Crippen LogP contribution is 2.34. The van der Waals surface area contributed by atoms with Crippen molar-refractivity contribution in [1.82, 2.24) is 24.9 Å². The van der Waals surface area contributed by atoms with Gasteiger partial charge in [-0.15, -0.1) is 0 Å². The molecule has 3 heterocycles. The van der Waals surface area contributed by atoms with Gasteiger partial charge in [-0.1, -0.05) is 41.9 Å². The number of piperidine rings is 2. The molecule has 9 nitrogen and oxygen atoms in total.